The molecule has 1 unspecified atom stereocenters. The second-order valence-corrected chi connectivity index (χ2v) is 5.48. The van der Waals surface area contributed by atoms with E-state index in [-0.39, 0.29) is 17.6 Å². The van der Waals surface area contributed by atoms with Crippen LogP contribution in [0.15, 0.2) is 47.4 Å². The van der Waals surface area contributed by atoms with Gasteiger partial charge in [-0.1, -0.05) is 12.1 Å². The Morgan fingerprint density at radius 3 is 2.67 bits per heavy atom. The number of methoxy groups -OCH3 is 1. The van der Waals surface area contributed by atoms with Crippen molar-refractivity contribution in [2.24, 2.45) is 5.84 Å². The molecular formula is C15H16F2N2OS. The maximum Gasteiger partial charge on any atom is 0.165 e. The van der Waals surface area contributed by atoms with Crippen LogP contribution in [-0.4, -0.2) is 12.9 Å². The highest BCUT2D eigenvalue weighted by Gasteiger charge is 2.13. The minimum atomic E-state index is -0.439. The van der Waals surface area contributed by atoms with Gasteiger partial charge in [0.15, 0.2) is 11.6 Å². The fourth-order valence-electron chi connectivity index (χ4n) is 1.88. The number of nitrogens with one attached hydrogen (secondary N) is 1. The van der Waals surface area contributed by atoms with Crippen molar-refractivity contribution >= 4 is 11.8 Å². The summed E-state index contributed by atoms with van der Waals surface area (Å²) < 4.78 is 31.7. The third-order valence-electron chi connectivity index (χ3n) is 2.99. The summed E-state index contributed by atoms with van der Waals surface area (Å²) >= 11 is 1.44. The third-order valence-corrected chi connectivity index (χ3v) is 4.08. The lowest BCUT2D eigenvalue weighted by atomic mass is 10.1. The Hall–Kier alpha value is -1.63. The highest BCUT2D eigenvalue weighted by atomic mass is 32.2. The van der Waals surface area contributed by atoms with Crippen molar-refractivity contribution in [2.45, 2.75) is 10.9 Å². The van der Waals surface area contributed by atoms with Gasteiger partial charge in [-0.15, -0.1) is 11.8 Å². The normalized spacial score (nSPS) is 12.2. The highest BCUT2D eigenvalue weighted by Crippen LogP contribution is 2.27. The fourth-order valence-corrected chi connectivity index (χ4v) is 2.89. The first-order valence-electron chi connectivity index (χ1n) is 6.32. The molecular weight excluding hydrogens is 294 g/mol. The molecule has 0 aliphatic rings. The predicted octanol–water partition coefficient (Wildman–Crippen LogP) is 3.27. The fraction of sp³-hybridized carbons (Fsp3) is 0.200. The summed E-state index contributed by atoms with van der Waals surface area (Å²) in [4.78, 5) is 0.796. The minimum absolute atomic E-state index is 0.187. The number of benzene rings is 2. The summed E-state index contributed by atoms with van der Waals surface area (Å²) in [5, 5.41) is 0. The van der Waals surface area contributed by atoms with Crippen LogP contribution in [0.25, 0.3) is 0 Å². The first kappa shape index (κ1) is 15.8. The Kier molecular flexibility index (Phi) is 5.55. The van der Waals surface area contributed by atoms with Crippen molar-refractivity contribution in [3.8, 4) is 5.75 Å². The first-order valence-corrected chi connectivity index (χ1v) is 7.30. The Morgan fingerprint density at radius 2 is 2.05 bits per heavy atom. The van der Waals surface area contributed by atoms with Gasteiger partial charge in [0, 0.05) is 10.6 Å². The van der Waals surface area contributed by atoms with E-state index in [1.807, 2.05) is 6.07 Å². The van der Waals surface area contributed by atoms with Crippen LogP contribution in [0.4, 0.5) is 8.78 Å². The van der Waals surface area contributed by atoms with E-state index in [1.165, 1.54) is 37.1 Å². The maximum atomic E-state index is 13.7. The molecule has 112 valence electrons. The van der Waals surface area contributed by atoms with Crippen LogP contribution in [-0.2, 0) is 0 Å². The molecule has 0 bridgehead atoms. The van der Waals surface area contributed by atoms with Gasteiger partial charge < -0.3 is 4.74 Å². The minimum Gasteiger partial charge on any atom is -0.494 e. The van der Waals surface area contributed by atoms with Crippen molar-refractivity contribution in [3.05, 3.63) is 59.7 Å². The molecule has 3 N–H and O–H groups in total. The molecule has 3 nitrogen and oxygen atoms in total. The monoisotopic (exact) mass is 310 g/mol. The Bertz CT molecular complexity index is 610. The lowest BCUT2D eigenvalue weighted by Crippen LogP contribution is -2.29. The van der Waals surface area contributed by atoms with Gasteiger partial charge in [-0.05, 0) is 35.9 Å². The molecule has 2 aromatic carbocycles. The lowest BCUT2D eigenvalue weighted by molar-refractivity contribution is 0.385. The molecule has 0 heterocycles. The Morgan fingerprint density at radius 1 is 1.24 bits per heavy atom. The second-order valence-electron chi connectivity index (χ2n) is 4.38. The molecule has 2 aromatic rings. The molecule has 0 aliphatic carbocycles. The van der Waals surface area contributed by atoms with E-state index in [1.54, 1.807) is 18.2 Å². The van der Waals surface area contributed by atoms with Crippen molar-refractivity contribution < 1.29 is 13.5 Å². The van der Waals surface area contributed by atoms with Crippen LogP contribution in [0.5, 0.6) is 5.75 Å². The number of nitrogens with two attached hydrogens (primary N) is 1. The van der Waals surface area contributed by atoms with E-state index in [4.69, 9.17) is 10.6 Å². The number of halogens is 2. The van der Waals surface area contributed by atoms with E-state index >= 15 is 0 Å². The summed E-state index contributed by atoms with van der Waals surface area (Å²) in [5.41, 5.74) is 3.35. The van der Waals surface area contributed by atoms with Crippen molar-refractivity contribution in [3.63, 3.8) is 0 Å². The SMILES string of the molecule is COc1ccc(C(CSc2cccc(F)c2)NN)cc1F. The lowest BCUT2D eigenvalue weighted by Gasteiger charge is -2.16. The van der Waals surface area contributed by atoms with Crippen molar-refractivity contribution in [1.82, 2.24) is 5.43 Å². The number of hydrogen-bond acceptors (Lipinski definition) is 4. The largest absolute Gasteiger partial charge is 0.494 e. The van der Waals surface area contributed by atoms with Crippen LogP contribution in [0.3, 0.4) is 0 Å². The second kappa shape index (κ2) is 7.40. The molecule has 2 rings (SSSR count). The number of hydrogen-bond donors (Lipinski definition) is 2. The van der Waals surface area contributed by atoms with Gasteiger partial charge in [0.25, 0.3) is 0 Å². The molecule has 0 aliphatic heterocycles. The molecule has 0 radical (unpaired) electrons. The predicted molar refractivity (Wildman–Crippen MR) is 80.1 cm³/mol. The van der Waals surface area contributed by atoms with Gasteiger partial charge in [-0.25, -0.2) is 8.78 Å². The molecule has 0 fully saturated rings. The quantitative estimate of drug-likeness (QED) is 0.488. The molecule has 21 heavy (non-hydrogen) atoms. The standard InChI is InChI=1S/C15H16F2N2OS/c1-20-15-6-5-10(7-13(15)17)14(19-18)9-21-12-4-2-3-11(16)8-12/h2-8,14,19H,9,18H2,1H3. The van der Waals surface area contributed by atoms with E-state index in [9.17, 15) is 8.78 Å². The van der Waals surface area contributed by atoms with Gasteiger partial charge in [0.1, 0.15) is 5.82 Å². The Labute approximate surface area is 126 Å². The number of ether oxygens (including phenoxy) is 1. The van der Waals surface area contributed by atoms with E-state index in [0.29, 0.717) is 11.3 Å². The summed E-state index contributed by atoms with van der Waals surface area (Å²) in [5.74, 6) is 5.54. The number of rotatable bonds is 6. The zero-order chi connectivity index (χ0) is 15.2. The van der Waals surface area contributed by atoms with Gasteiger partial charge in [0.2, 0.25) is 0 Å². The molecule has 1 atom stereocenters. The zero-order valence-corrected chi connectivity index (χ0v) is 12.3. The average molecular weight is 310 g/mol. The van der Waals surface area contributed by atoms with Gasteiger partial charge in [-0.2, -0.15) is 0 Å². The number of hydrazine groups is 1. The van der Waals surface area contributed by atoms with Crippen LogP contribution in [0, 0.1) is 11.6 Å². The maximum absolute atomic E-state index is 13.7. The van der Waals surface area contributed by atoms with Gasteiger partial charge >= 0.3 is 0 Å². The summed E-state index contributed by atoms with van der Waals surface area (Å²) in [6.07, 6.45) is 0. The number of thioether (sulfide) groups is 1. The van der Waals surface area contributed by atoms with Crippen molar-refractivity contribution in [1.29, 1.82) is 0 Å². The highest BCUT2D eigenvalue weighted by molar-refractivity contribution is 7.99. The molecule has 0 amide bonds. The van der Waals surface area contributed by atoms with Crippen LogP contribution >= 0.6 is 11.8 Å². The van der Waals surface area contributed by atoms with Crippen LogP contribution in [0.1, 0.15) is 11.6 Å². The Balaban J connectivity index is 2.07. The summed E-state index contributed by atoms with van der Waals surface area (Å²) in [6, 6.07) is 10.7. The summed E-state index contributed by atoms with van der Waals surface area (Å²) in [6.45, 7) is 0. The molecule has 0 saturated carbocycles. The van der Waals surface area contributed by atoms with E-state index in [2.05, 4.69) is 5.43 Å². The zero-order valence-electron chi connectivity index (χ0n) is 11.5. The van der Waals surface area contributed by atoms with Crippen LogP contribution in [0.2, 0.25) is 0 Å². The average Bonchev–Trinajstić information content (AvgIpc) is 2.48. The van der Waals surface area contributed by atoms with Gasteiger partial charge in [-0.3, -0.25) is 11.3 Å². The first-order chi connectivity index (χ1) is 10.1. The molecule has 6 heteroatoms. The molecule has 0 saturated heterocycles. The van der Waals surface area contributed by atoms with Gasteiger partial charge in [0.05, 0.1) is 13.2 Å². The smallest absolute Gasteiger partial charge is 0.165 e. The third kappa shape index (κ3) is 4.17. The molecule has 0 spiro atoms. The van der Waals surface area contributed by atoms with Crippen LogP contribution < -0.4 is 16.0 Å². The topological polar surface area (TPSA) is 47.3 Å². The van der Waals surface area contributed by atoms with E-state index < -0.39 is 5.82 Å². The van der Waals surface area contributed by atoms with E-state index in [0.717, 1.165) is 4.90 Å². The van der Waals surface area contributed by atoms with Crippen molar-refractivity contribution in [2.75, 3.05) is 12.9 Å². The molecule has 0 aromatic heterocycles. The summed E-state index contributed by atoms with van der Waals surface area (Å²) in [7, 11) is 1.41.